The van der Waals surface area contributed by atoms with Gasteiger partial charge in [-0.05, 0) is 53.6 Å². The van der Waals surface area contributed by atoms with Gasteiger partial charge in [-0.1, -0.05) is 96.7 Å². The van der Waals surface area contributed by atoms with E-state index in [1.165, 1.54) is 37.0 Å². The predicted molar refractivity (Wildman–Crippen MR) is 195 cm³/mol. The van der Waals surface area contributed by atoms with E-state index in [0.717, 1.165) is 45.9 Å². The van der Waals surface area contributed by atoms with Crippen LogP contribution in [0.4, 0.5) is 0 Å². The summed E-state index contributed by atoms with van der Waals surface area (Å²) < 4.78 is 5.89. The number of aromatic nitrogens is 2. The summed E-state index contributed by atoms with van der Waals surface area (Å²) in [5.41, 5.74) is 3.36. The maximum Gasteiger partial charge on any atom is 0.326 e. The first-order chi connectivity index (χ1) is 23.5. The fraction of sp³-hybridized carbons (Fsp3) is 0.410. The first-order valence-electron chi connectivity index (χ1n) is 17.1. The second-order valence-corrected chi connectivity index (χ2v) is 14.3. The van der Waals surface area contributed by atoms with Crippen molar-refractivity contribution in [2.45, 2.75) is 97.1 Å². The van der Waals surface area contributed by atoms with Gasteiger partial charge in [0.15, 0.2) is 5.82 Å². The number of benzene rings is 2. The fourth-order valence-corrected chi connectivity index (χ4v) is 6.17. The lowest BCUT2D eigenvalue weighted by molar-refractivity contribution is -0.142. The van der Waals surface area contributed by atoms with Gasteiger partial charge in [0.1, 0.15) is 17.8 Å². The van der Waals surface area contributed by atoms with Crippen molar-refractivity contribution in [1.82, 2.24) is 20.6 Å². The molecule has 3 N–H and O–H groups in total. The number of carboxylic acids is 1. The zero-order valence-electron chi connectivity index (χ0n) is 29.1. The highest BCUT2D eigenvalue weighted by molar-refractivity contribution is 7.14. The molecule has 2 aromatic heterocycles. The van der Waals surface area contributed by atoms with Gasteiger partial charge in [0, 0.05) is 34.8 Å². The normalized spacial score (nSPS) is 12.6. The minimum Gasteiger partial charge on any atom is -0.494 e. The molecule has 2 aromatic carbocycles. The predicted octanol–water partition coefficient (Wildman–Crippen LogP) is 7.84. The minimum atomic E-state index is -1.13. The van der Waals surface area contributed by atoms with E-state index in [-0.39, 0.29) is 24.2 Å². The van der Waals surface area contributed by atoms with E-state index in [1.807, 2.05) is 54.6 Å². The quantitative estimate of drug-likeness (QED) is 0.0966. The van der Waals surface area contributed by atoms with Crippen LogP contribution in [0.1, 0.15) is 93.3 Å². The smallest absolute Gasteiger partial charge is 0.326 e. The van der Waals surface area contributed by atoms with Gasteiger partial charge in [-0.25, -0.2) is 14.8 Å². The monoisotopic (exact) mass is 684 g/mol. The molecule has 0 radical (unpaired) electrons. The Hall–Kier alpha value is -4.57. The van der Waals surface area contributed by atoms with Crippen molar-refractivity contribution in [3.8, 4) is 28.3 Å². The standard InChI is InChI=1S/C39H48N4O5S/c1-6-8-9-10-11-22-48-30-18-16-27(17-19-30)29-24-40-35(41-25-29)28-14-12-26(13-15-28)23-32(36(44)42-31(7-2)38(46)47)43-37(45)33-20-21-34(49-33)39(3,4)5/h12-21,24-25,31-32H,6-11,22-23H2,1-5H3,(H,42,44)(H,43,45)(H,46,47)/t31-,32-/m0/s1. The van der Waals surface area contributed by atoms with Gasteiger partial charge in [-0.15, -0.1) is 11.3 Å². The van der Waals surface area contributed by atoms with Crippen molar-refractivity contribution in [3.05, 3.63) is 88.4 Å². The highest BCUT2D eigenvalue weighted by Gasteiger charge is 2.27. The van der Waals surface area contributed by atoms with Crippen LogP contribution in [-0.4, -0.2) is 51.5 Å². The molecule has 4 aromatic rings. The number of ether oxygens (including phenoxy) is 1. The highest BCUT2D eigenvalue weighted by atomic mass is 32.1. The van der Waals surface area contributed by atoms with Crippen molar-refractivity contribution in [2.24, 2.45) is 0 Å². The number of carbonyl (C=O) groups is 3. The number of carbonyl (C=O) groups excluding carboxylic acids is 2. The lowest BCUT2D eigenvalue weighted by atomic mass is 9.95. The number of nitrogens with one attached hydrogen (secondary N) is 2. The third-order valence-corrected chi connectivity index (χ3v) is 9.73. The number of unbranched alkanes of at least 4 members (excludes halogenated alkanes) is 4. The van der Waals surface area contributed by atoms with Crippen molar-refractivity contribution >= 4 is 29.1 Å². The van der Waals surface area contributed by atoms with Gasteiger partial charge in [-0.3, -0.25) is 9.59 Å². The maximum atomic E-state index is 13.3. The molecule has 2 atom stereocenters. The lowest BCUT2D eigenvalue weighted by Gasteiger charge is -2.21. The summed E-state index contributed by atoms with van der Waals surface area (Å²) in [4.78, 5) is 48.8. The Morgan fingerprint density at radius 3 is 2.04 bits per heavy atom. The molecule has 10 heteroatoms. The zero-order chi connectivity index (χ0) is 35.4. The topological polar surface area (TPSA) is 131 Å². The van der Waals surface area contributed by atoms with Gasteiger partial charge in [0.25, 0.3) is 5.91 Å². The Labute approximate surface area is 293 Å². The highest BCUT2D eigenvalue weighted by Crippen LogP contribution is 2.29. The average molecular weight is 685 g/mol. The fourth-order valence-electron chi connectivity index (χ4n) is 5.20. The number of amides is 2. The van der Waals surface area contributed by atoms with Gasteiger partial charge >= 0.3 is 5.97 Å². The zero-order valence-corrected chi connectivity index (χ0v) is 29.9. The molecule has 9 nitrogen and oxygen atoms in total. The number of rotatable bonds is 17. The summed E-state index contributed by atoms with van der Waals surface area (Å²) in [5, 5.41) is 14.9. The van der Waals surface area contributed by atoms with Gasteiger partial charge in [0.05, 0.1) is 11.5 Å². The molecule has 0 spiro atoms. The largest absolute Gasteiger partial charge is 0.494 e. The summed E-state index contributed by atoms with van der Waals surface area (Å²) in [6, 6.07) is 17.0. The second-order valence-electron chi connectivity index (χ2n) is 13.2. The van der Waals surface area contributed by atoms with Crippen molar-refractivity contribution in [2.75, 3.05) is 6.61 Å². The van der Waals surface area contributed by atoms with Crippen molar-refractivity contribution in [1.29, 1.82) is 0 Å². The van der Waals surface area contributed by atoms with E-state index in [1.54, 1.807) is 25.4 Å². The van der Waals surface area contributed by atoms with Crippen LogP contribution in [0.15, 0.2) is 73.1 Å². The van der Waals surface area contributed by atoms with E-state index >= 15 is 0 Å². The Balaban J connectivity index is 1.41. The molecule has 0 unspecified atom stereocenters. The Bertz CT molecular complexity index is 1660. The number of hydrogen-bond acceptors (Lipinski definition) is 7. The SMILES string of the molecule is CCCCCCCOc1ccc(-c2cnc(-c3ccc(C[C@H](NC(=O)c4ccc(C(C)(C)C)s4)C(=O)N[C@@H](CC)C(=O)O)cc3)nc2)cc1. The van der Waals surface area contributed by atoms with E-state index in [2.05, 4.69) is 48.3 Å². The minimum absolute atomic E-state index is 0.116. The average Bonchev–Trinajstić information content (AvgIpc) is 3.61. The van der Waals surface area contributed by atoms with Gasteiger partial charge in [0.2, 0.25) is 5.91 Å². The summed E-state index contributed by atoms with van der Waals surface area (Å²) in [6.45, 7) is 10.8. The Morgan fingerprint density at radius 2 is 1.45 bits per heavy atom. The van der Waals surface area contributed by atoms with Crippen LogP contribution in [0, 0.1) is 0 Å². The first-order valence-corrected chi connectivity index (χ1v) is 17.9. The molecule has 0 fully saturated rings. The van der Waals surface area contributed by atoms with Gasteiger partial charge < -0.3 is 20.5 Å². The van der Waals surface area contributed by atoms with E-state index in [9.17, 15) is 19.5 Å². The van der Waals surface area contributed by atoms with Crippen LogP contribution in [0.25, 0.3) is 22.5 Å². The Morgan fingerprint density at radius 1 is 0.796 bits per heavy atom. The number of hydrogen-bond donors (Lipinski definition) is 3. The van der Waals surface area contributed by atoms with Gasteiger partial charge in [-0.2, -0.15) is 0 Å². The van der Waals surface area contributed by atoms with Crippen LogP contribution >= 0.6 is 11.3 Å². The van der Waals surface area contributed by atoms with Crippen LogP contribution < -0.4 is 15.4 Å². The lowest BCUT2D eigenvalue weighted by Crippen LogP contribution is -2.52. The number of carboxylic acid groups (broad SMARTS) is 1. The van der Waals surface area contributed by atoms with E-state index in [4.69, 9.17) is 4.74 Å². The van der Waals surface area contributed by atoms with E-state index in [0.29, 0.717) is 10.7 Å². The molecule has 4 rings (SSSR count). The molecule has 0 bridgehead atoms. The summed E-state index contributed by atoms with van der Waals surface area (Å²) in [7, 11) is 0. The second kappa shape index (κ2) is 17.7. The molecule has 0 aliphatic rings. The summed E-state index contributed by atoms with van der Waals surface area (Å²) >= 11 is 1.38. The first kappa shape index (κ1) is 37.3. The summed E-state index contributed by atoms with van der Waals surface area (Å²) in [5.74, 6) is -0.654. The maximum absolute atomic E-state index is 13.3. The Kier molecular flexibility index (Phi) is 13.5. The molecule has 49 heavy (non-hydrogen) atoms. The molecule has 0 saturated heterocycles. The van der Waals surface area contributed by atoms with Crippen molar-refractivity contribution < 1.29 is 24.2 Å². The molecule has 2 amide bonds. The van der Waals surface area contributed by atoms with Crippen molar-refractivity contribution in [3.63, 3.8) is 0 Å². The van der Waals surface area contributed by atoms with Crippen LogP contribution in [-0.2, 0) is 21.4 Å². The van der Waals surface area contributed by atoms with Crippen LogP contribution in [0.5, 0.6) is 5.75 Å². The molecule has 0 saturated carbocycles. The third-order valence-electron chi connectivity index (χ3n) is 8.22. The molecule has 0 aliphatic heterocycles. The number of thiophene rings is 1. The molecular weight excluding hydrogens is 637 g/mol. The number of aliphatic carboxylic acids is 1. The third kappa shape index (κ3) is 11.0. The number of nitrogens with zero attached hydrogens (tertiary/aromatic N) is 2. The van der Waals surface area contributed by atoms with Crippen LogP contribution in [0.3, 0.4) is 0 Å². The molecular formula is C39H48N4O5S. The summed E-state index contributed by atoms with van der Waals surface area (Å²) in [6.07, 6.45) is 9.98. The molecule has 0 aliphatic carbocycles. The van der Waals surface area contributed by atoms with E-state index < -0.39 is 24.0 Å². The molecule has 2 heterocycles. The van der Waals surface area contributed by atoms with Crippen LogP contribution in [0.2, 0.25) is 0 Å². The molecule has 260 valence electrons.